The lowest BCUT2D eigenvalue weighted by Gasteiger charge is -2.31. The van der Waals surface area contributed by atoms with E-state index in [-0.39, 0.29) is 12.1 Å². The molecule has 2 aromatic heterocycles. The molecule has 0 aromatic carbocycles. The molecule has 0 aliphatic carbocycles. The molecule has 0 amide bonds. The van der Waals surface area contributed by atoms with Crippen LogP contribution in [0.15, 0.2) is 36.5 Å². The zero-order valence-electron chi connectivity index (χ0n) is 13.1. The normalized spacial score (nSPS) is 14.3. The van der Waals surface area contributed by atoms with Crippen LogP contribution < -0.4 is 5.73 Å². The van der Waals surface area contributed by atoms with E-state index in [9.17, 15) is 0 Å². The van der Waals surface area contributed by atoms with Gasteiger partial charge < -0.3 is 5.73 Å². The summed E-state index contributed by atoms with van der Waals surface area (Å²) in [5, 5.41) is 0. The van der Waals surface area contributed by atoms with Gasteiger partial charge in [0.15, 0.2) is 0 Å². The van der Waals surface area contributed by atoms with Crippen molar-refractivity contribution in [3.8, 4) is 0 Å². The van der Waals surface area contributed by atoms with Gasteiger partial charge in [-0.15, -0.1) is 11.3 Å². The monoisotopic (exact) mass is 303 g/mol. The van der Waals surface area contributed by atoms with Gasteiger partial charge >= 0.3 is 0 Å². The maximum absolute atomic E-state index is 6.38. The molecule has 0 radical (unpaired) electrons. The van der Waals surface area contributed by atoms with E-state index in [1.807, 2.05) is 29.7 Å². The largest absolute Gasteiger partial charge is 0.326 e. The van der Waals surface area contributed by atoms with Crippen LogP contribution in [0.1, 0.15) is 34.8 Å². The summed E-state index contributed by atoms with van der Waals surface area (Å²) in [5.41, 5.74) is 7.51. The first-order chi connectivity index (χ1) is 10.1. The highest BCUT2D eigenvalue weighted by Crippen LogP contribution is 2.30. The Hall–Kier alpha value is -1.23. The van der Waals surface area contributed by atoms with Crippen LogP contribution in [0.4, 0.5) is 0 Å². The smallest absolute Gasteiger partial charge is 0.0591 e. The molecule has 2 unspecified atom stereocenters. The molecule has 0 fully saturated rings. The number of aryl methyl sites for hydroxylation is 1. The van der Waals surface area contributed by atoms with Gasteiger partial charge in [0.2, 0.25) is 0 Å². The van der Waals surface area contributed by atoms with Crippen molar-refractivity contribution in [2.75, 3.05) is 13.6 Å². The van der Waals surface area contributed by atoms with Gasteiger partial charge in [-0.05, 0) is 44.7 Å². The molecule has 21 heavy (non-hydrogen) atoms. The first kappa shape index (κ1) is 16.1. The average molecular weight is 303 g/mol. The zero-order valence-corrected chi connectivity index (χ0v) is 13.9. The molecule has 2 rings (SSSR count). The minimum absolute atomic E-state index is 0.164. The van der Waals surface area contributed by atoms with Gasteiger partial charge in [0.05, 0.1) is 6.04 Å². The van der Waals surface area contributed by atoms with E-state index in [2.05, 4.69) is 49.0 Å². The van der Waals surface area contributed by atoms with E-state index < -0.39 is 0 Å². The molecule has 2 heterocycles. The summed E-state index contributed by atoms with van der Waals surface area (Å²) in [4.78, 5) is 9.48. The van der Waals surface area contributed by atoms with Crippen LogP contribution in [0, 0.1) is 6.92 Å². The molecular weight excluding hydrogens is 278 g/mol. The van der Waals surface area contributed by atoms with Crippen LogP contribution in [-0.2, 0) is 6.42 Å². The Bertz CT molecular complexity index is 538. The number of nitrogens with zero attached hydrogens (tertiary/aromatic N) is 2. The van der Waals surface area contributed by atoms with Crippen LogP contribution in [0.5, 0.6) is 0 Å². The van der Waals surface area contributed by atoms with Crippen molar-refractivity contribution in [3.05, 3.63) is 52.0 Å². The minimum atomic E-state index is 0.164. The van der Waals surface area contributed by atoms with Crippen LogP contribution in [0.25, 0.3) is 0 Å². The van der Waals surface area contributed by atoms with E-state index in [1.165, 1.54) is 9.75 Å². The van der Waals surface area contributed by atoms with Crippen LogP contribution in [0.3, 0.4) is 0 Å². The molecule has 0 aliphatic rings. The van der Waals surface area contributed by atoms with Crippen molar-refractivity contribution in [3.63, 3.8) is 0 Å². The number of aromatic nitrogens is 1. The van der Waals surface area contributed by atoms with Crippen molar-refractivity contribution in [1.29, 1.82) is 0 Å². The maximum Gasteiger partial charge on any atom is 0.0591 e. The Kier molecular flexibility index (Phi) is 5.91. The summed E-state index contributed by atoms with van der Waals surface area (Å²) in [6.07, 6.45) is 3.79. The summed E-state index contributed by atoms with van der Waals surface area (Å²) >= 11 is 1.85. The average Bonchev–Trinajstić information content (AvgIpc) is 2.92. The van der Waals surface area contributed by atoms with Crippen molar-refractivity contribution >= 4 is 11.3 Å². The van der Waals surface area contributed by atoms with Gasteiger partial charge in [0, 0.05) is 40.7 Å². The summed E-state index contributed by atoms with van der Waals surface area (Å²) in [6.45, 7) is 5.27. The van der Waals surface area contributed by atoms with Crippen LogP contribution >= 0.6 is 11.3 Å². The van der Waals surface area contributed by atoms with E-state index in [0.29, 0.717) is 0 Å². The molecule has 0 aliphatic heterocycles. The molecule has 2 atom stereocenters. The number of pyridine rings is 1. The summed E-state index contributed by atoms with van der Waals surface area (Å²) in [6, 6.07) is 10.9. The van der Waals surface area contributed by atoms with E-state index in [0.717, 1.165) is 25.1 Å². The Morgan fingerprint density at radius 3 is 2.67 bits per heavy atom. The summed E-state index contributed by atoms with van der Waals surface area (Å²) in [5.74, 6) is 0. The fraction of sp³-hybridized carbons (Fsp3) is 0.471. The van der Waals surface area contributed by atoms with E-state index >= 15 is 0 Å². The molecule has 114 valence electrons. The first-order valence-electron chi connectivity index (χ1n) is 7.54. The number of hydrogen-bond donors (Lipinski definition) is 1. The third-order valence-electron chi connectivity index (χ3n) is 3.85. The molecule has 0 saturated carbocycles. The molecule has 3 nitrogen and oxygen atoms in total. The Morgan fingerprint density at radius 1 is 1.29 bits per heavy atom. The SMILES string of the molecule is CCC(N)C(c1ccc(C)s1)N(C)CCc1ccccn1. The summed E-state index contributed by atoms with van der Waals surface area (Å²) < 4.78 is 0. The van der Waals surface area contributed by atoms with Crippen molar-refractivity contribution in [2.24, 2.45) is 5.73 Å². The second kappa shape index (κ2) is 7.69. The predicted molar refractivity (Wildman–Crippen MR) is 90.6 cm³/mol. The first-order valence-corrected chi connectivity index (χ1v) is 8.35. The van der Waals surface area contributed by atoms with Gasteiger partial charge in [0.1, 0.15) is 0 Å². The van der Waals surface area contributed by atoms with Gasteiger partial charge in [0.25, 0.3) is 0 Å². The lowest BCUT2D eigenvalue weighted by Crippen LogP contribution is -2.39. The highest BCUT2D eigenvalue weighted by Gasteiger charge is 2.24. The standard InChI is InChI=1S/C17H25N3S/c1-4-15(18)17(16-9-8-13(2)21-16)20(3)12-10-14-7-5-6-11-19-14/h5-9,11,15,17H,4,10,12,18H2,1-3H3. The topological polar surface area (TPSA) is 42.1 Å². The third kappa shape index (κ3) is 4.37. The highest BCUT2D eigenvalue weighted by molar-refractivity contribution is 7.12. The van der Waals surface area contributed by atoms with Crippen molar-refractivity contribution in [1.82, 2.24) is 9.88 Å². The number of thiophene rings is 1. The second-order valence-corrected chi connectivity index (χ2v) is 6.84. The van der Waals surface area contributed by atoms with E-state index in [1.54, 1.807) is 0 Å². The lowest BCUT2D eigenvalue weighted by molar-refractivity contribution is 0.215. The second-order valence-electron chi connectivity index (χ2n) is 5.52. The molecular formula is C17H25N3S. The minimum Gasteiger partial charge on any atom is -0.326 e. The molecule has 0 bridgehead atoms. The zero-order chi connectivity index (χ0) is 15.2. The molecule has 2 N–H and O–H groups in total. The summed E-state index contributed by atoms with van der Waals surface area (Å²) in [7, 11) is 2.16. The molecule has 0 saturated heterocycles. The Labute approximate surface area is 131 Å². The number of rotatable bonds is 7. The molecule has 2 aromatic rings. The number of likely N-dealkylation sites (N-methyl/N-ethyl adjacent to an activating group) is 1. The number of hydrogen-bond acceptors (Lipinski definition) is 4. The lowest BCUT2D eigenvalue weighted by atomic mass is 10.0. The van der Waals surface area contributed by atoms with Crippen molar-refractivity contribution < 1.29 is 0 Å². The highest BCUT2D eigenvalue weighted by atomic mass is 32.1. The molecule has 4 heteroatoms. The maximum atomic E-state index is 6.38. The van der Waals surface area contributed by atoms with E-state index in [4.69, 9.17) is 5.73 Å². The third-order valence-corrected chi connectivity index (χ3v) is 4.92. The van der Waals surface area contributed by atoms with Crippen molar-refractivity contribution in [2.45, 2.75) is 38.8 Å². The van der Waals surface area contributed by atoms with Gasteiger partial charge in [-0.1, -0.05) is 13.0 Å². The Morgan fingerprint density at radius 2 is 2.10 bits per heavy atom. The van der Waals surface area contributed by atoms with Gasteiger partial charge in [-0.25, -0.2) is 0 Å². The van der Waals surface area contributed by atoms with Gasteiger partial charge in [-0.3, -0.25) is 9.88 Å². The Balaban J connectivity index is 2.06. The van der Waals surface area contributed by atoms with Crippen LogP contribution in [-0.4, -0.2) is 29.5 Å². The van der Waals surface area contributed by atoms with Crippen LogP contribution in [0.2, 0.25) is 0 Å². The number of nitrogens with two attached hydrogens (primary N) is 1. The quantitative estimate of drug-likeness (QED) is 0.852. The van der Waals surface area contributed by atoms with Gasteiger partial charge in [-0.2, -0.15) is 0 Å². The predicted octanol–water partition coefficient (Wildman–Crippen LogP) is 3.40. The molecule has 0 spiro atoms. The fourth-order valence-corrected chi connectivity index (χ4v) is 3.69. The fourth-order valence-electron chi connectivity index (χ4n) is 2.57.